The maximum atomic E-state index is 14.5. The van der Waals surface area contributed by atoms with Crippen molar-refractivity contribution in [2.75, 3.05) is 7.11 Å². The molecule has 0 aliphatic carbocycles. The summed E-state index contributed by atoms with van der Waals surface area (Å²) in [6, 6.07) is 7.26. The minimum Gasteiger partial charge on any atom is -0.493 e. The summed E-state index contributed by atoms with van der Waals surface area (Å²) in [5, 5.41) is 10.9. The molecule has 2 aromatic carbocycles. The molecule has 0 spiro atoms. The maximum Gasteiger partial charge on any atom is 0.422 e. The molecule has 3 aromatic rings. The number of hydrogen-bond donors (Lipinski definition) is 2. The fourth-order valence-electron chi connectivity index (χ4n) is 3.82. The van der Waals surface area contributed by atoms with Gasteiger partial charge in [-0.1, -0.05) is 26.0 Å². The molecule has 182 valence electrons. The summed E-state index contributed by atoms with van der Waals surface area (Å²) in [7, 11) is 1.21. The van der Waals surface area contributed by atoms with Crippen LogP contribution in [-0.4, -0.2) is 35.2 Å². The first-order chi connectivity index (χ1) is 15.8. The summed E-state index contributed by atoms with van der Waals surface area (Å²) in [6.45, 7) is 4.08. The van der Waals surface area contributed by atoms with Crippen LogP contribution in [0.3, 0.4) is 0 Å². The van der Waals surface area contributed by atoms with Crippen LogP contribution in [0.5, 0.6) is 5.75 Å². The van der Waals surface area contributed by atoms with Gasteiger partial charge in [0.05, 0.1) is 18.3 Å². The minimum absolute atomic E-state index is 0.0587. The van der Waals surface area contributed by atoms with Gasteiger partial charge in [0.2, 0.25) is 5.56 Å². The summed E-state index contributed by atoms with van der Waals surface area (Å²) < 4.78 is 76.1. The Morgan fingerprint density at radius 1 is 1.09 bits per heavy atom. The predicted molar refractivity (Wildman–Crippen MR) is 119 cm³/mol. The monoisotopic (exact) mass is 482 g/mol. The van der Waals surface area contributed by atoms with E-state index < -0.39 is 40.8 Å². The van der Waals surface area contributed by atoms with E-state index in [-0.39, 0.29) is 33.5 Å². The third kappa shape index (κ3) is 4.42. The zero-order valence-electron chi connectivity index (χ0n) is 18.8. The highest BCUT2D eigenvalue weighted by molar-refractivity contribution is 5.92. The first-order valence-electron chi connectivity index (χ1n) is 10.3. The molecule has 5 nitrogen and oxygen atoms in total. The molecule has 0 amide bonds. The number of benzene rings is 2. The quantitative estimate of drug-likeness (QED) is 0.357. The highest BCUT2D eigenvalue weighted by atomic mass is 19.4. The topological polar surface area (TPSA) is 74.7 Å². The number of ether oxygens (including phenoxy) is 1. The third-order valence-electron chi connectivity index (χ3n) is 6.14. The Kier molecular flexibility index (Phi) is 6.84. The Morgan fingerprint density at radius 2 is 1.76 bits per heavy atom. The van der Waals surface area contributed by atoms with Gasteiger partial charge in [-0.3, -0.25) is 9.79 Å². The molecule has 0 radical (unpaired) electrons. The standard InChI is InChI=1S/C24H23F5N2O3/c1-12-5-6-15(22(34-4)20(12)26)13(2)14(3)23(33,24(27,28)29)11-30-18-9-8-17(25)21-16(18)7-10-19(32)31-21/h5-11,13-14,33H,1-4H3,(H,31,32). The Bertz CT molecular complexity index is 1300. The molecule has 34 heavy (non-hydrogen) atoms. The van der Waals surface area contributed by atoms with E-state index in [9.17, 15) is 31.9 Å². The van der Waals surface area contributed by atoms with Crippen LogP contribution >= 0.6 is 0 Å². The lowest BCUT2D eigenvalue weighted by Crippen LogP contribution is -2.53. The number of nitrogens with one attached hydrogen (secondary N) is 1. The van der Waals surface area contributed by atoms with Gasteiger partial charge in [-0.15, -0.1) is 0 Å². The molecule has 0 fully saturated rings. The van der Waals surface area contributed by atoms with Crippen LogP contribution in [0.2, 0.25) is 0 Å². The fraction of sp³-hybridized carbons (Fsp3) is 0.333. The van der Waals surface area contributed by atoms with Crippen LogP contribution in [0.15, 0.2) is 46.2 Å². The molecule has 3 unspecified atom stereocenters. The Hall–Kier alpha value is -3.27. The van der Waals surface area contributed by atoms with Crippen molar-refractivity contribution in [3.8, 4) is 5.75 Å². The van der Waals surface area contributed by atoms with Crippen molar-refractivity contribution in [3.63, 3.8) is 0 Å². The van der Waals surface area contributed by atoms with Gasteiger partial charge >= 0.3 is 6.18 Å². The number of H-pyrrole nitrogens is 1. The van der Waals surface area contributed by atoms with Crippen molar-refractivity contribution in [2.24, 2.45) is 10.9 Å². The lowest BCUT2D eigenvalue weighted by atomic mass is 9.76. The maximum absolute atomic E-state index is 14.5. The molecule has 0 saturated carbocycles. The SMILES string of the molecule is COc1c(C(C)C(C)C(O)(C=Nc2ccc(F)c3[nH]c(=O)ccc23)C(F)(F)F)ccc(C)c1F. The first kappa shape index (κ1) is 25.4. The van der Waals surface area contributed by atoms with Gasteiger partial charge in [0.15, 0.2) is 17.2 Å². The van der Waals surface area contributed by atoms with Crippen molar-refractivity contribution < 1.29 is 31.8 Å². The van der Waals surface area contributed by atoms with Crippen LogP contribution in [-0.2, 0) is 0 Å². The number of alkyl halides is 3. The van der Waals surface area contributed by atoms with E-state index in [0.717, 1.165) is 18.2 Å². The van der Waals surface area contributed by atoms with E-state index in [4.69, 9.17) is 4.74 Å². The van der Waals surface area contributed by atoms with Crippen LogP contribution in [0.1, 0.15) is 30.9 Å². The van der Waals surface area contributed by atoms with Crippen molar-refractivity contribution in [1.29, 1.82) is 0 Å². The molecular weight excluding hydrogens is 459 g/mol. The predicted octanol–water partition coefficient (Wildman–Crippen LogP) is 5.56. The molecular formula is C24H23F5N2O3. The molecule has 1 aromatic heterocycles. The second kappa shape index (κ2) is 9.17. The second-order valence-electron chi connectivity index (χ2n) is 8.16. The zero-order chi connectivity index (χ0) is 25.4. The molecule has 10 heteroatoms. The number of hydrogen-bond acceptors (Lipinski definition) is 4. The van der Waals surface area contributed by atoms with Crippen LogP contribution < -0.4 is 10.3 Å². The number of nitrogens with zero attached hydrogens (tertiary/aromatic N) is 1. The van der Waals surface area contributed by atoms with Crippen LogP contribution in [0.25, 0.3) is 10.9 Å². The summed E-state index contributed by atoms with van der Waals surface area (Å²) in [4.78, 5) is 17.6. The number of fused-ring (bicyclic) bond motifs is 1. The van der Waals surface area contributed by atoms with Crippen LogP contribution in [0.4, 0.5) is 27.6 Å². The minimum atomic E-state index is -5.15. The molecule has 3 rings (SSSR count). The van der Waals surface area contributed by atoms with Gasteiger partial charge in [0.25, 0.3) is 0 Å². The highest BCUT2D eigenvalue weighted by Gasteiger charge is 2.57. The molecule has 0 bridgehead atoms. The number of aliphatic imine (C=N–C) groups is 1. The van der Waals surface area contributed by atoms with Crippen LogP contribution in [0, 0.1) is 24.5 Å². The average Bonchev–Trinajstić information content (AvgIpc) is 2.78. The van der Waals surface area contributed by atoms with E-state index in [1.807, 2.05) is 0 Å². The number of aromatic amines is 1. The van der Waals surface area contributed by atoms with E-state index in [1.54, 1.807) is 0 Å². The Labute approximate surface area is 191 Å². The number of halogens is 5. The van der Waals surface area contributed by atoms with Gasteiger partial charge < -0.3 is 14.8 Å². The Balaban J connectivity index is 2.09. The van der Waals surface area contributed by atoms with Crippen molar-refractivity contribution in [1.82, 2.24) is 4.98 Å². The van der Waals surface area contributed by atoms with Crippen molar-refractivity contribution in [3.05, 3.63) is 69.5 Å². The van der Waals surface area contributed by atoms with Gasteiger partial charge in [-0.05, 0) is 36.6 Å². The molecule has 2 N–H and O–H groups in total. The van der Waals surface area contributed by atoms with E-state index >= 15 is 0 Å². The third-order valence-corrected chi connectivity index (χ3v) is 6.14. The second-order valence-corrected chi connectivity index (χ2v) is 8.16. The fourth-order valence-corrected chi connectivity index (χ4v) is 3.82. The van der Waals surface area contributed by atoms with Crippen molar-refractivity contribution in [2.45, 2.75) is 38.5 Å². The first-order valence-corrected chi connectivity index (χ1v) is 10.3. The summed E-state index contributed by atoms with van der Waals surface area (Å²) in [6.07, 6.45) is -4.80. The number of aryl methyl sites for hydroxylation is 1. The Morgan fingerprint density at radius 3 is 2.38 bits per heavy atom. The summed E-state index contributed by atoms with van der Waals surface area (Å²) in [5.74, 6) is -4.22. The number of rotatable bonds is 6. The molecule has 0 saturated heterocycles. The number of aliphatic hydroxyl groups is 1. The summed E-state index contributed by atoms with van der Waals surface area (Å²) >= 11 is 0. The van der Waals surface area contributed by atoms with Gasteiger partial charge in [0.1, 0.15) is 5.82 Å². The van der Waals surface area contributed by atoms with E-state index in [0.29, 0.717) is 6.21 Å². The average molecular weight is 482 g/mol. The largest absolute Gasteiger partial charge is 0.493 e. The van der Waals surface area contributed by atoms with E-state index in [2.05, 4.69) is 9.98 Å². The molecule has 0 aliphatic rings. The molecule has 3 atom stereocenters. The molecule has 0 aliphatic heterocycles. The van der Waals surface area contributed by atoms with Gasteiger partial charge in [-0.25, -0.2) is 8.78 Å². The molecule has 1 heterocycles. The lowest BCUT2D eigenvalue weighted by molar-refractivity contribution is -0.246. The van der Waals surface area contributed by atoms with Gasteiger partial charge in [-0.2, -0.15) is 13.2 Å². The highest BCUT2D eigenvalue weighted by Crippen LogP contribution is 2.44. The zero-order valence-corrected chi connectivity index (χ0v) is 18.8. The van der Waals surface area contributed by atoms with Gasteiger partial charge in [0, 0.05) is 29.1 Å². The summed E-state index contributed by atoms with van der Waals surface area (Å²) in [5.41, 5.74) is -3.93. The van der Waals surface area contributed by atoms with E-state index in [1.165, 1.54) is 46.1 Å². The number of aromatic nitrogens is 1. The smallest absolute Gasteiger partial charge is 0.422 e. The normalized spacial score (nSPS) is 15.9. The number of pyridine rings is 1. The van der Waals surface area contributed by atoms with Crippen molar-refractivity contribution >= 4 is 22.8 Å². The lowest BCUT2D eigenvalue weighted by Gasteiger charge is -2.36. The number of methoxy groups -OCH3 is 1.